The molecule has 1 aromatic heterocycles. The second-order valence-electron chi connectivity index (χ2n) is 4.16. The quantitative estimate of drug-likeness (QED) is 0.817. The van der Waals surface area contributed by atoms with E-state index in [4.69, 9.17) is 5.73 Å². The summed E-state index contributed by atoms with van der Waals surface area (Å²) >= 11 is 0. The van der Waals surface area contributed by atoms with Crippen LogP contribution in [0.3, 0.4) is 0 Å². The van der Waals surface area contributed by atoms with E-state index < -0.39 is 11.9 Å². The number of benzene rings is 1. The van der Waals surface area contributed by atoms with Gasteiger partial charge in [0.2, 0.25) is 0 Å². The average Bonchev–Trinajstić information content (AvgIpc) is 2.55. The third-order valence-electron chi connectivity index (χ3n) is 2.90. The molecule has 0 fully saturated rings. The molecule has 2 N–H and O–H groups in total. The summed E-state index contributed by atoms with van der Waals surface area (Å²) in [7, 11) is 1.41. The van der Waals surface area contributed by atoms with Crippen molar-refractivity contribution in [3.63, 3.8) is 0 Å². The van der Waals surface area contributed by atoms with E-state index in [1.165, 1.54) is 7.05 Å². The Bertz CT molecular complexity index is 553. The first kappa shape index (κ1) is 12.0. The van der Waals surface area contributed by atoms with Crippen molar-refractivity contribution in [2.45, 2.75) is 19.1 Å². The zero-order chi connectivity index (χ0) is 12.8. The topological polar surface area (TPSA) is 30.9 Å². The summed E-state index contributed by atoms with van der Waals surface area (Å²) in [4.78, 5) is 0. The molecular weight excluding hydrogens is 229 g/mol. The van der Waals surface area contributed by atoms with Crippen LogP contribution in [0.1, 0.15) is 24.2 Å². The zero-order valence-electron chi connectivity index (χ0n) is 9.55. The zero-order valence-corrected chi connectivity index (χ0v) is 9.55. The lowest BCUT2D eigenvalue weighted by Crippen LogP contribution is -2.10. The Kier molecular flexibility index (Phi) is 2.66. The molecule has 92 valence electrons. The molecule has 1 aromatic carbocycles. The second-order valence-corrected chi connectivity index (χ2v) is 4.16. The first-order valence-corrected chi connectivity index (χ1v) is 5.23. The highest BCUT2D eigenvalue weighted by Gasteiger charge is 2.34. The third-order valence-corrected chi connectivity index (χ3v) is 2.90. The molecule has 0 saturated carbocycles. The van der Waals surface area contributed by atoms with Gasteiger partial charge in [0.05, 0.1) is 0 Å². The van der Waals surface area contributed by atoms with Gasteiger partial charge in [-0.15, -0.1) is 0 Å². The predicted molar refractivity (Wildman–Crippen MR) is 60.5 cm³/mol. The summed E-state index contributed by atoms with van der Waals surface area (Å²) < 4.78 is 39.5. The standard InChI is InChI=1S/C12H13F3N2/c1-7(16)8-4-3-5-10-9(8)6-11(17(10)2)12(13,14)15/h3-7H,16H2,1-2H3. The summed E-state index contributed by atoms with van der Waals surface area (Å²) in [5.41, 5.74) is 6.38. The highest BCUT2D eigenvalue weighted by atomic mass is 19.4. The second kappa shape index (κ2) is 3.77. The Morgan fingerprint density at radius 3 is 2.47 bits per heavy atom. The molecule has 1 heterocycles. The number of hydrogen-bond donors (Lipinski definition) is 1. The van der Waals surface area contributed by atoms with E-state index in [0.717, 1.165) is 16.2 Å². The van der Waals surface area contributed by atoms with Gasteiger partial charge >= 0.3 is 6.18 Å². The molecule has 0 saturated heterocycles. The fourth-order valence-corrected chi connectivity index (χ4v) is 2.05. The van der Waals surface area contributed by atoms with Gasteiger partial charge in [0.1, 0.15) is 5.69 Å². The fourth-order valence-electron chi connectivity index (χ4n) is 2.05. The Hall–Kier alpha value is -1.49. The van der Waals surface area contributed by atoms with Crippen LogP contribution in [-0.4, -0.2) is 4.57 Å². The molecule has 1 unspecified atom stereocenters. The summed E-state index contributed by atoms with van der Waals surface area (Å²) in [6, 6.07) is 6.01. The first-order valence-electron chi connectivity index (χ1n) is 5.23. The first-order chi connectivity index (χ1) is 7.82. The minimum Gasteiger partial charge on any atom is -0.340 e. The smallest absolute Gasteiger partial charge is 0.340 e. The number of fused-ring (bicyclic) bond motifs is 1. The van der Waals surface area contributed by atoms with E-state index in [0.29, 0.717) is 10.9 Å². The maximum absolute atomic E-state index is 12.8. The predicted octanol–water partition coefficient (Wildman–Crippen LogP) is 3.22. The number of aromatic nitrogens is 1. The molecule has 0 bridgehead atoms. The van der Waals surface area contributed by atoms with Crippen molar-refractivity contribution < 1.29 is 13.2 Å². The largest absolute Gasteiger partial charge is 0.431 e. The van der Waals surface area contributed by atoms with E-state index >= 15 is 0 Å². The number of nitrogens with zero attached hydrogens (tertiary/aromatic N) is 1. The van der Waals surface area contributed by atoms with Crippen LogP contribution in [0.5, 0.6) is 0 Å². The van der Waals surface area contributed by atoms with Gasteiger partial charge in [0.25, 0.3) is 0 Å². The van der Waals surface area contributed by atoms with Crippen molar-refractivity contribution >= 4 is 10.9 Å². The molecule has 2 nitrogen and oxygen atoms in total. The minimum atomic E-state index is -4.34. The molecule has 0 spiro atoms. The molecular formula is C12H13F3N2. The molecule has 1 atom stereocenters. The van der Waals surface area contributed by atoms with Crippen LogP contribution in [0.15, 0.2) is 24.3 Å². The van der Waals surface area contributed by atoms with E-state index in [9.17, 15) is 13.2 Å². The fraction of sp³-hybridized carbons (Fsp3) is 0.333. The average molecular weight is 242 g/mol. The number of nitrogens with two attached hydrogens (primary N) is 1. The van der Waals surface area contributed by atoms with Gasteiger partial charge in [-0.2, -0.15) is 13.2 Å². The monoisotopic (exact) mass is 242 g/mol. The lowest BCUT2D eigenvalue weighted by atomic mass is 10.0. The van der Waals surface area contributed by atoms with Crippen molar-refractivity contribution in [3.8, 4) is 0 Å². The van der Waals surface area contributed by atoms with Crippen molar-refractivity contribution in [1.29, 1.82) is 0 Å². The van der Waals surface area contributed by atoms with Crippen molar-refractivity contribution in [2.24, 2.45) is 12.8 Å². The van der Waals surface area contributed by atoms with E-state index in [1.54, 1.807) is 25.1 Å². The molecule has 17 heavy (non-hydrogen) atoms. The lowest BCUT2D eigenvalue weighted by Gasteiger charge is -2.08. The Labute approximate surface area is 96.8 Å². The van der Waals surface area contributed by atoms with Gasteiger partial charge < -0.3 is 10.3 Å². The summed E-state index contributed by atoms with van der Waals surface area (Å²) in [6.07, 6.45) is -4.34. The van der Waals surface area contributed by atoms with Gasteiger partial charge in [0.15, 0.2) is 0 Å². The molecule has 2 rings (SSSR count). The summed E-state index contributed by atoms with van der Waals surface area (Å²) in [5, 5.41) is 0.567. The van der Waals surface area contributed by atoms with Crippen molar-refractivity contribution in [3.05, 3.63) is 35.5 Å². The summed E-state index contributed by atoms with van der Waals surface area (Å²) in [5.74, 6) is 0. The molecule has 0 aliphatic rings. The van der Waals surface area contributed by atoms with Gasteiger partial charge in [-0.25, -0.2) is 0 Å². The minimum absolute atomic E-state index is 0.290. The normalized spacial score (nSPS) is 14.2. The number of hydrogen-bond acceptors (Lipinski definition) is 1. The molecule has 0 aliphatic heterocycles. The van der Waals surface area contributed by atoms with Crippen LogP contribution < -0.4 is 5.73 Å². The molecule has 0 amide bonds. The molecule has 5 heteroatoms. The summed E-state index contributed by atoms with van der Waals surface area (Å²) in [6.45, 7) is 1.76. The highest BCUT2D eigenvalue weighted by molar-refractivity contribution is 5.85. The Balaban J connectivity index is 2.78. The van der Waals surface area contributed by atoms with Crippen molar-refractivity contribution in [2.75, 3.05) is 0 Å². The van der Waals surface area contributed by atoms with E-state index in [2.05, 4.69) is 0 Å². The van der Waals surface area contributed by atoms with Crippen LogP contribution in [0.25, 0.3) is 10.9 Å². The number of rotatable bonds is 1. The third kappa shape index (κ3) is 1.91. The molecule has 0 radical (unpaired) electrons. The molecule has 0 aliphatic carbocycles. The van der Waals surface area contributed by atoms with E-state index in [-0.39, 0.29) is 6.04 Å². The lowest BCUT2D eigenvalue weighted by molar-refractivity contribution is -0.142. The maximum atomic E-state index is 12.8. The van der Waals surface area contributed by atoms with Gasteiger partial charge in [-0.05, 0) is 24.6 Å². The van der Waals surface area contributed by atoms with Gasteiger partial charge in [-0.1, -0.05) is 12.1 Å². The highest BCUT2D eigenvalue weighted by Crippen LogP contribution is 2.35. The number of halogens is 3. The number of alkyl halides is 3. The Morgan fingerprint density at radius 2 is 1.94 bits per heavy atom. The number of aryl methyl sites for hydroxylation is 1. The van der Waals surface area contributed by atoms with Crippen LogP contribution in [0.4, 0.5) is 13.2 Å². The molecule has 2 aromatic rings. The van der Waals surface area contributed by atoms with E-state index in [1.807, 2.05) is 0 Å². The van der Waals surface area contributed by atoms with Crippen LogP contribution >= 0.6 is 0 Å². The van der Waals surface area contributed by atoms with Gasteiger partial charge in [-0.3, -0.25) is 0 Å². The maximum Gasteiger partial charge on any atom is 0.431 e. The van der Waals surface area contributed by atoms with Crippen molar-refractivity contribution in [1.82, 2.24) is 4.57 Å². The van der Waals surface area contributed by atoms with Crippen LogP contribution in [-0.2, 0) is 13.2 Å². The van der Waals surface area contributed by atoms with Crippen LogP contribution in [0.2, 0.25) is 0 Å². The van der Waals surface area contributed by atoms with Gasteiger partial charge in [0, 0.05) is 24.0 Å². The van der Waals surface area contributed by atoms with Crippen LogP contribution in [0, 0.1) is 0 Å². The SMILES string of the molecule is CC(N)c1cccc2c1cc(C(F)(F)F)n2C. The Morgan fingerprint density at radius 1 is 1.29 bits per heavy atom.